The number of carbonyl (C=O) groups excluding carboxylic acids is 2. The normalized spacial score (nSPS) is 20.5. The van der Waals surface area contributed by atoms with Crippen molar-refractivity contribution >= 4 is 11.9 Å². The van der Waals surface area contributed by atoms with Gasteiger partial charge >= 0.3 is 5.97 Å². The molecule has 1 amide bonds. The van der Waals surface area contributed by atoms with Gasteiger partial charge in [-0.05, 0) is 26.3 Å². The Hall–Kier alpha value is -1.84. The molecule has 0 radical (unpaired) electrons. The van der Waals surface area contributed by atoms with Gasteiger partial charge < -0.3 is 4.74 Å². The summed E-state index contributed by atoms with van der Waals surface area (Å²) in [7, 11) is 0. The summed E-state index contributed by atoms with van der Waals surface area (Å²) in [5.74, 6) is -0.644. The second kappa shape index (κ2) is 4.44. The van der Waals surface area contributed by atoms with E-state index in [1.54, 1.807) is 18.7 Å². The minimum absolute atomic E-state index is 0.123. The molecule has 1 aliphatic rings. The highest BCUT2D eigenvalue weighted by atomic mass is 16.6. The number of carbonyl (C=O) groups is 2. The second-order valence-electron chi connectivity index (χ2n) is 4.95. The molecule has 1 aromatic rings. The smallest absolute Gasteiger partial charge is 0.317 e. The lowest BCUT2D eigenvalue weighted by molar-refractivity contribution is -0.201. The standard InChI is InChI=1S/C14H17NO3/c1-10(11-7-5-4-6-8-11)15-12(16)9-13(17)18-14(15,2)3/h4-8,10H,9H2,1-3H3. The van der Waals surface area contributed by atoms with E-state index in [9.17, 15) is 9.59 Å². The van der Waals surface area contributed by atoms with Gasteiger partial charge in [-0.3, -0.25) is 14.5 Å². The van der Waals surface area contributed by atoms with Gasteiger partial charge in [-0.1, -0.05) is 30.3 Å². The Morgan fingerprint density at radius 1 is 1.22 bits per heavy atom. The molecule has 1 atom stereocenters. The fourth-order valence-corrected chi connectivity index (χ4v) is 2.44. The first-order valence-corrected chi connectivity index (χ1v) is 6.01. The maximum Gasteiger partial charge on any atom is 0.317 e. The van der Waals surface area contributed by atoms with Crippen LogP contribution in [-0.2, 0) is 14.3 Å². The van der Waals surface area contributed by atoms with Crippen LogP contribution in [0.3, 0.4) is 0 Å². The maximum absolute atomic E-state index is 12.1. The summed E-state index contributed by atoms with van der Waals surface area (Å²) < 4.78 is 5.27. The summed E-state index contributed by atoms with van der Waals surface area (Å²) in [6.07, 6.45) is -0.180. The van der Waals surface area contributed by atoms with Crippen LogP contribution in [0.2, 0.25) is 0 Å². The van der Waals surface area contributed by atoms with Crippen LogP contribution < -0.4 is 0 Å². The van der Waals surface area contributed by atoms with Crippen molar-refractivity contribution in [2.45, 2.75) is 39.0 Å². The van der Waals surface area contributed by atoms with E-state index in [0.29, 0.717) is 0 Å². The minimum atomic E-state index is -0.901. The van der Waals surface area contributed by atoms with Crippen LogP contribution in [0, 0.1) is 0 Å². The van der Waals surface area contributed by atoms with E-state index < -0.39 is 11.7 Å². The first-order valence-electron chi connectivity index (χ1n) is 6.01. The van der Waals surface area contributed by atoms with Crippen molar-refractivity contribution < 1.29 is 14.3 Å². The lowest BCUT2D eigenvalue weighted by Crippen LogP contribution is -2.56. The Morgan fingerprint density at radius 3 is 2.39 bits per heavy atom. The molecule has 0 aliphatic carbocycles. The number of cyclic esters (lactones) is 1. The van der Waals surface area contributed by atoms with Crippen LogP contribution in [0.4, 0.5) is 0 Å². The van der Waals surface area contributed by atoms with Gasteiger partial charge in [-0.2, -0.15) is 0 Å². The van der Waals surface area contributed by atoms with E-state index in [1.165, 1.54) is 0 Å². The van der Waals surface area contributed by atoms with Crippen LogP contribution in [0.1, 0.15) is 38.8 Å². The van der Waals surface area contributed by atoms with Crippen LogP contribution >= 0.6 is 0 Å². The minimum Gasteiger partial charge on any atom is -0.439 e. The predicted octanol–water partition coefficient (Wildman–Crippen LogP) is 2.26. The third-order valence-electron chi connectivity index (χ3n) is 3.18. The van der Waals surface area contributed by atoms with Gasteiger partial charge in [-0.25, -0.2) is 0 Å². The largest absolute Gasteiger partial charge is 0.439 e. The lowest BCUT2D eigenvalue weighted by atomic mass is 10.0. The topological polar surface area (TPSA) is 46.6 Å². The molecule has 4 nitrogen and oxygen atoms in total. The van der Waals surface area contributed by atoms with Crippen LogP contribution in [0.5, 0.6) is 0 Å². The Morgan fingerprint density at radius 2 is 1.83 bits per heavy atom. The van der Waals surface area contributed by atoms with Crippen molar-refractivity contribution in [2.75, 3.05) is 0 Å². The number of hydrogen-bond donors (Lipinski definition) is 0. The zero-order valence-electron chi connectivity index (χ0n) is 10.8. The number of hydrogen-bond acceptors (Lipinski definition) is 3. The van der Waals surface area contributed by atoms with E-state index in [-0.39, 0.29) is 18.4 Å². The Labute approximate surface area is 107 Å². The summed E-state index contributed by atoms with van der Waals surface area (Å²) in [5.41, 5.74) is 0.124. The molecule has 1 unspecified atom stereocenters. The van der Waals surface area contributed by atoms with Crippen LogP contribution in [0.25, 0.3) is 0 Å². The van der Waals surface area contributed by atoms with Gasteiger partial charge in [-0.15, -0.1) is 0 Å². The molecule has 0 aromatic heterocycles. The summed E-state index contributed by atoms with van der Waals surface area (Å²) in [5, 5.41) is 0. The highest BCUT2D eigenvalue weighted by Crippen LogP contribution is 2.32. The molecule has 0 bridgehead atoms. The third kappa shape index (κ3) is 2.23. The number of amides is 1. The predicted molar refractivity (Wildman–Crippen MR) is 66.5 cm³/mol. The van der Waals surface area contributed by atoms with Gasteiger partial charge in [0.1, 0.15) is 6.42 Å². The molecule has 4 heteroatoms. The lowest BCUT2D eigenvalue weighted by Gasteiger charge is -2.44. The fraction of sp³-hybridized carbons (Fsp3) is 0.429. The number of rotatable bonds is 2. The van der Waals surface area contributed by atoms with Gasteiger partial charge in [0.15, 0.2) is 5.72 Å². The summed E-state index contributed by atoms with van der Waals surface area (Å²) >= 11 is 0. The Kier molecular flexibility index (Phi) is 3.11. The average molecular weight is 247 g/mol. The first kappa shape index (κ1) is 12.6. The molecule has 96 valence electrons. The quantitative estimate of drug-likeness (QED) is 0.595. The van der Waals surface area contributed by atoms with Crippen molar-refractivity contribution in [3.63, 3.8) is 0 Å². The second-order valence-corrected chi connectivity index (χ2v) is 4.95. The molecular weight excluding hydrogens is 230 g/mol. The van der Waals surface area contributed by atoms with Crippen molar-refractivity contribution in [2.24, 2.45) is 0 Å². The van der Waals surface area contributed by atoms with Crippen molar-refractivity contribution in [1.29, 1.82) is 0 Å². The molecule has 0 N–H and O–H groups in total. The van der Waals surface area contributed by atoms with Crippen LogP contribution in [-0.4, -0.2) is 22.5 Å². The summed E-state index contributed by atoms with van der Waals surface area (Å²) in [6.45, 7) is 5.41. The maximum atomic E-state index is 12.1. The number of nitrogens with zero attached hydrogens (tertiary/aromatic N) is 1. The molecule has 2 rings (SSSR count). The van der Waals surface area contributed by atoms with E-state index in [4.69, 9.17) is 4.74 Å². The van der Waals surface area contributed by atoms with E-state index in [1.807, 2.05) is 37.3 Å². The van der Waals surface area contributed by atoms with Gasteiger partial charge in [0.05, 0.1) is 6.04 Å². The molecule has 0 spiro atoms. The molecule has 1 saturated heterocycles. The molecule has 18 heavy (non-hydrogen) atoms. The monoisotopic (exact) mass is 247 g/mol. The van der Waals surface area contributed by atoms with Crippen LogP contribution in [0.15, 0.2) is 30.3 Å². The molecule has 1 aliphatic heterocycles. The fourth-order valence-electron chi connectivity index (χ4n) is 2.44. The van der Waals surface area contributed by atoms with E-state index in [2.05, 4.69) is 0 Å². The molecule has 1 aromatic carbocycles. The average Bonchev–Trinajstić information content (AvgIpc) is 2.27. The van der Waals surface area contributed by atoms with Gasteiger partial charge in [0, 0.05) is 0 Å². The Balaban J connectivity index is 2.31. The highest BCUT2D eigenvalue weighted by Gasteiger charge is 2.43. The van der Waals surface area contributed by atoms with Crippen molar-refractivity contribution in [1.82, 2.24) is 4.90 Å². The van der Waals surface area contributed by atoms with Gasteiger partial charge in [0.2, 0.25) is 5.91 Å². The molecule has 1 fully saturated rings. The zero-order chi connectivity index (χ0) is 13.3. The van der Waals surface area contributed by atoms with E-state index >= 15 is 0 Å². The summed E-state index contributed by atoms with van der Waals surface area (Å²) in [6, 6.07) is 9.59. The first-order chi connectivity index (χ1) is 8.42. The number of esters is 1. The summed E-state index contributed by atoms with van der Waals surface area (Å²) in [4.78, 5) is 25.0. The zero-order valence-corrected chi connectivity index (χ0v) is 10.8. The van der Waals surface area contributed by atoms with Gasteiger partial charge in [0.25, 0.3) is 0 Å². The molecular formula is C14H17NO3. The van der Waals surface area contributed by atoms with E-state index in [0.717, 1.165) is 5.56 Å². The van der Waals surface area contributed by atoms with Crippen molar-refractivity contribution in [3.05, 3.63) is 35.9 Å². The third-order valence-corrected chi connectivity index (χ3v) is 3.18. The number of ether oxygens (including phenoxy) is 1. The highest BCUT2D eigenvalue weighted by molar-refractivity contribution is 5.96. The number of benzene rings is 1. The SMILES string of the molecule is CC(c1ccccc1)N1C(=O)CC(=O)OC1(C)C. The Bertz CT molecular complexity index is 467. The molecule has 1 heterocycles. The molecule has 0 saturated carbocycles. The van der Waals surface area contributed by atoms with Crippen molar-refractivity contribution in [3.8, 4) is 0 Å².